The zero-order valence-electron chi connectivity index (χ0n) is 70.7. The third kappa shape index (κ3) is 28.8. The Balaban J connectivity index is 0.000000144. The van der Waals surface area contributed by atoms with Crippen LogP contribution in [0.5, 0.6) is 0 Å². The summed E-state index contributed by atoms with van der Waals surface area (Å²) in [6.07, 6.45) is 5.90. The van der Waals surface area contributed by atoms with Gasteiger partial charge < -0.3 is 21.3 Å². The van der Waals surface area contributed by atoms with Crippen molar-refractivity contribution < 1.29 is 0 Å². The lowest BCUT2D eigenvalue weighted by Gasteiger charge is -2.11. The highest BCUT2D eigenvalue weighted by molar-refractivity contribution is 5.99. The molecular weight excluding hydrogens is 1430 g/mol. The lowest BCUT2D eigenvalue weighted by Crippen LogP contribution is -1.93. The van der Waals surface area contributed by atoms with E-state index in [1.54, 1.807) is 0 Å². The van der Waals surface area contributed by atoms with Crippen LogP contribution < -0.4 is 21.3 Å². The fourth-order valence-electron chi connectivity index (χ4n) is 13.7. The van der Waals surface area contributed by atoms with Gasteiger partial charge in [0, 0.05) is 67.0 Å². The predicted octanol–water partition coefficient (Wildman–Crippen LogP) is 32.8. The maximum atomic E-state index is 3.88. The Morgan fingerprint density at radius 2 is 0.534 bits per heavy atom. The Morgan fingerprint density at radius 3 is 0.864 bits per heavy atom. The molecule has 0 aromatic heterocycles. The van der Waals surface area contributed by atoms with Crippen molar-refractivity contribution in [1.82, 2.24) is 0 Å². The molecule has 118 heavy (non-hydrogen) atoms. The fraction of sp³-hybridized carbons (Fsp3) is 0.140. The number of fused-ring (bicyclic) bond motifs is 4. The second-order valence-corrected chi connectivity index (χ2v) is 30.5. The first-order chi connectivity index (χ1) is 57.5. The molecule has 0 fully saturated rings. The number of nitrogens with one attached hydrogen (secondary N) is 4. The van der Waals surface area contributed by atoms with E-state index in [-0.39, 0.29) is 0 Å². The molecule has 0 radical (unpaired) electrons. The zero-order chi connectivity index (χ0) is 83.1. The SMILES string of the molecule is C=C(C)CC(C)CCC.C=C(C)c1ccccc1.Cc1ccc(Cc2ccc(C)cc2)cc1.Cc1ccc(Nc2ccc(C)c3ccccc23)cc1.Cc1ccc(Nc2ccc(C)c3ccccc23)cc1.c1ccc(Cc2ccccc2)cc1.c1ccc(Nc2cccc3ccccc23)cc1.c1ccc(Nc2cccc3ccccc23)cc1. The number of para-hydroxylation sites is 2. The Kier molecular flexibility index (Phi) is 34.4. The molecule has 0 aliphatic heterocycles. The first kappa shape index (κ1) is 86.9. The van der Waals surface area contributed by atoms with Crippen LogP contribution in [0.15, 0.2) is 425 Å². The summed E-state index contributed by atoms with van der Waals surface area (Å²) >= 11 is 0. The topological polar surface area (TPSA) is 48.1 Å². The largest absolute Gasteiger partial charge is 0.355 e. The van der Waals surface area contributed by atoms with Gasteiger partial charge in [-0.2, -0.15) is 0 Å². The molecule has 1 atom stereocenters. The van der Waals surface area contributed by atoms with Crippen LogP contribution in [0.1, 0.15) is 108 Å². The summed E-state index contributed by atoms with van der Waals surface area (Å²) in [6.45, 7) is 29.1. The van der Waals surface area contributed by atoms with Crippen LogP contribution >= 0.6 is 0 Å². The van der Waals surface area contributed by atoms with E-state index in [0.29, 0.717) is 0 Å². The summed E-state index contributed by atoms with van der Waals surface area (Å²) < 4.78 is 0. The molecule has 4 heteroatoms. The van der Waals surface area contributed by atoms with E-state index in [2.05, 4.69) is 449 Å². The van der Waals surface area contributed by atoms with Crippen molar-refractivity contribution in [3.63, 3.8) is 0 Å². The smallest absolute Gasteiger partial charge is 0.0464 e. The van der Waals surface area contributed by atoms with Gasteiger partial charge in [0.25, 0.3) is 0 Å². The van der Waals surface area contributed by atoms with Crippen LogP contribution in [-0.2, 0) is 12.8 Å². The standard InChI is InChI=1S/2C18H17N.2C16H13N.C15H16.C13H12.C9H10.C9H18/c2*1-13-7-10-15(11-8-13)19-18-12-9-14(2)16-5-3-4-6-17(16)18;2*1-2-9-14(10-3-1)17-16-12-6-8-13-7-4-5-11-15(13)16;1-12-3-7-14(8-4-12)11-15-9-5-13(2)6-10-15;1-3-7-12(8-4-1)11-13-9-5-2-6-10-13;1-8(2)9-6-4-3-5-7-9;1-5-6-9(4)7-8(2)3/h2*3-12,19H,1-2H3;2*1-12,17H;3-10H,11H2,1-2H3;1-10H,11H2;3-7H,1H2,2H3;9H,2,5-7H2,1,3-4H3. The van der Waals surface area contributed by atoms with E-state index in [9.17, 15) is 0 Å². The van der Waals surface area contributed by atoms with Gasteiger partial charge in [0.05, 0.1) is 0 Å². The van der Waals surface area contributed by atoms with Gasteiger partial charge in [-0.3, -0.25) is 0 Å². The molecule has 0 saturated carbocycles. The van der Waals surface area contributed by atoms with Gasteiger partial charge in [-0.1, -0.05) is 400 Å². The molecule has 0 heterocycles. The number of hydrogen-bond donors (Lipinski definition) is 4. The lowest BCUT2D eigenvalue weighted by atomic mass is 9.99. The molecule has 0 bridgehead atoms. The molecule has 17 aromatic carbocycles. The maximum absolute atomic E-state index is 3.88. The van der Waals surface area contributed by atoms with Gasteiger partial charge in [-0.15, -0.1) is 6.58 Å². The Bertz CT molecular complexity index is 5490. The molecule has 592 valence electrons. The summed E-state index contributed by atoms with van der Waals surface area (Å²) in [5, 5.41) is 24.1. The number of benzene rings is 17. The minimum absolute atomic E-state index is 0.840. The van der Waals surface area contributed by atoms with Gasteiger partial charge >= 0.3 is 0 Å². The predicted molar refractivity (Wildman–Crippen MR) is 519 cm³/mol. The Morgan fingerprint density at radius 1 is 0.263 bits per heavy atom. The van der Waals surface area contributed by atoms with E-state index < -0.39 is 0 Å². The molecule has 4 N–H and O–H groups in total. The van der Waals surface area contributed by atoms with Crippen molar-refractivity contribution in [2.45, 2.75) is 101 Å². The molecule has 4 nitrogen and oxygen atoms in total. The van der Waals surface area contributed by atoms with Crippen molar-refractivity contribution in [1.29, 1.82) is 0 Å². The van der Waals surface area contributed by atoms with Crippen LogP contribution in [0.4, 0.5) is 45.5 Å². The van der Waals surface area contributed by atoms with Gasteiger partial charge in [0.15, 0.2) is 0 Å². The van der Waals surface area contributed by atoms with E-state index in [1.165, 1.54) is 129 Å². The van der Waals surface area contributed by atoms with Gasteiger partial charge in [-0.05, 0) is 214 Å². The van der Waals surface area contributed by atoms with Crippen molar-refractivity contribution in [2.75, 3.05) is 21.3 Å². The lowest BCUT2D eigenvalue weighted by molar-refractivity contribution is 0.521. The van der Waals surface area contributed by atoms with Crippen molar-refractivity contribution >= 4 is 94.2 Å². The molecule has 0 spiro atoms. The number of allylic oxidation sites excluding steroid dienone is 2. The molecule has 1 unspecified atom stereocenters. The number of aryl methyl sites for hydroxylation is 6. The van der Waals surface area contributed by atoms with Crippen LogP contribution in [0.2, 0.25) is 0 Å². The van der Waals surface area contributed by atoms with Crippen molar-refractivity contribution in [3.8, 4) is 0 Å². The van der Waals surface area contributed by atoms with Crippen LogP contribution in [-0.4, -0.2) is 0 Å². The average molecular weight is 1540 g/mol. The number of rotatable bonds is 17. The highest BCUT2D eigenvalue weighted by Gasteiger charge is 2.08. The summed E-state index contributed by atoms with van der Waals surface area (Å²) in [4.78, 5) is 0. The van der Waals surface area contributed by atoms with Crippen LogP contribution in [0.3, 0.4) is 0 Å². The number of hydrogen-bond acceptors (Lipinski definition) is 4. The Labute approximate surface area is 704 Å². The molecule has 0 aliphatic carbocycles. The van der Waals surface area contributed by atoms with Gasteiger partial charge in [-0.25, -0.2) is 0 Å². The third-order valence-electron chi connectivity index (χ3n) is 20.1. The summed E-state index contributed by atoms with van der Waals surface area (Å²) in [5.74, 6) is 0.840. The number of anilines is 8. The quantitative estimate of drug-likeness (QED) is 0.0687. The first-order valence-electron chi connectivity index (χ1n) is 41.3. The highest BCUT2D eigenvalue weighted by Crippen LogP contribution is 2.33. The van der Waals surface area contributed by atoms with Crippen molar-refractivity contribution in [3.05, 3.63) is 486 Å². The normalized spacial score (nSPS) is 10.5. The molecule has 17 rings (SSSR count). The van der Waals surface area contributed by atoms with E-state index in [0.717, 1.165) is 69.8 Å². The average Bonchev–Trinajstić information content (AvgIpc) is 0.815. The zero-order valence-corrected chi connectivity index (χ0v) is 70.7. The van der Waals surface area contributed by atoms with Crippen LogP contribution in [0, 0.1) is 47.5 Å². The molecule has 0 amide bonds. The van der Waals surface area contributed by atoms with E-state index in [1.807, 2.05) is 61.5 Å². The summed E-state index contributed by atoms with van der Waals surface area (Å²) in [5.41, 5.74) is 26.1. The van der Waals surface area contributed by atoms with Gasteiger partial charge in [0.1, 0.15) is 0 Å². The Hall–Kier alpha value is -13.5. The summed E-state index contributed by atoms with van der Waals surface area (Å²) in [7, 11) is 0. The second-order valence-electron chi connectivity index (χ2n) is 30.5. The van der Waals surface area contributed by atoms with Gasteiger partial charge in [0.2, 0.25) is 0 Å². The molecule has 17 aromatic rings. The molecule has 0 saturated heterocycles. The minimum Gasteiger partial charge on any atom is -0.355 e. The monoisotopic (exact) mass is 1540 g/mol. The summed E-state index contributed by atoms with van der Waals surface area (Å²) in [6, 6.07) is 141. The third-order valence-corrected chi connectivity index (χ3v) is 20.1. The van der Waals surface area contributed by atoms with Crippen LogP contribution in [0.25, 0.3) is 48.7 Å². The molecule has 0 aliphatic rings. The minimum atomic E-state index is 0.840. The highest BCUT2D eigenvalue weighted by atomic mass is 14.9. The maximum Gasteiger partial charge on any atom is 0.0464 e. The second kappa shape index (κ2) is 46.7. The van der Waals surface area contributed by atoms with E-state index in [4.69, 9.17) is 0 Å². The molecular formula is C114H116N4. The first-order valence-corrected chi connectivity index (χ1v) is 41.3. The van der Waals surface area contributed by atoms with Crippen molar-refractivity contribution in [2.24, 2.45) is 5.92 Å². The van der Waals surface area contributed by atoms with E-state index >= 15 is 0 Å². The fourth-order valence-corrected chi connectivity index (χ4v) is 13.7.